The Labute approximate surface area is 118 Å². The number of aromatic carboxylic acids is 1. The summed E-state index contributed by atoms with van der Waals surface area (Å²) in [6, 6.07) is 5.49. The smallest absolute Gasteiger partial charge is 0.337 e. The number of hydrogen-bond donors (Lipinski definition) is 1. The van der Waals surface area contributed by atoms with E-state index in [4.69, 9.17) is 11.6 Å². The van der Waals surface area contributed by atoms with Crippen LogP contribution in [-0.4, -0.2) is 49.2 Å². The summed E-state index contributed by atoms with van der Waals surface area (Å²) < 4.78 is 0. The zero-order valence-electron chi connectivity index (χ0n) is 11.3. The molecular weight excluding hydrogens is 264 g/mol. The highest BCUT2D eigenvalue weighted by molar-refractivity contribution is 6.34. The van der Waals surface area contributed by atoms with Crippen LogP contribution < -0.4 is 4.90 Å². The van der Waals surface area contributed by atoms with Crippen LogP contribution in [0, 0.1) is 0 Å². The molecule has 1 aromatic carbocycles. The number of hydrogen-bond acceptors (Lipinski definition) is 3. The summed E-state index contributed by atoms with van der Waals surface area (Å²) in [5.41, 5.74) is 0.940. The van der Waals surface area contributed by atoms with Gasteiger partial charge in [-0.2, -0.15) is 0 Å². The Kier molecular flexibility index (Phi) is 4.32. The first kappa shape index (κ1) is 14.2. The molecule has 1 saturated heterocycles. The van der Waals surface area contributed by atoms with Crippen molar-refractivity contribution in [1.82, 2.24) is 4.90 Å². The van der Waals surface area contributed by atoms with E-state index >= 15 is 0 Å². The number of para-hydroxylation sites is 1. The quantitative estimate of drug-likeness (QED) is 0.925. The molecule has 1 N–H and O–H groups in total. The number of nitrogens with zero attached hydrogens (tertiary/aromatic N) is 2. The van der Waals surface area contributed by atoms with Crippen LogP contribution in [0.25, 0.3) is 0 Å². The van der Waals surface area contributed by atoms with Crippen LogP contribution in [-0.2, 0) is 0 Å². The topological polar surface area (TPSA) is 43.8 Å². The lowest BCUT2D eigenvalue weighted by molar-refractivity contribution is 0.0697. The van der Waals surface area contributed by atoms with Crippen molar-refractivity contribution in [3.05, 3.63) is 28.8 Å². The van der Waals surface area contributed by atoms with E-state index in [2.05, 4.69) is 23.9 Å². The zero-order valence-corrected chi connectivity index (χ0v) is 12.0. The minimum atomic E-state index is -0.926. The second-order valence-electron chi connectivity index (χ2n) is 5.15. The van der Waals surface area contributed by atoms with Crippen molar-refractivity contribution in [3.63, 3.8) is 0 Å². The highest BCUT2D eigenvalue weighted by atomic mass is 35.5. The molecule has 0 amide bonds. The molecule has 1 heterocycles. The molecule has 1 aliphatic heterocycles. The Balaban J connectivity index is 2.33. The third kappa shape index (κ3) is 3.01. The third-order valence-corrected chi connectivity index (χ3v) is 3.97. The third-order valence-electron chi connectivity index (χ3n) is 3.66. The van der Waals surface area contributed by atoms with Gasteiger partial charge in [-0.1, -0.05) is 17.7 Å². The number of halogens is 1. The fourth-order valence-electron chi connectivity index (χ4n) is 2.59. The monoisotopic (exact) mass is 282 g/mol. The summed E-state index contributed by atoms with van der Waals surface area (Å²) in [6.07, 6.45) is 2.18. The lowest BCUT2D eigenvalue weighted by atomic mass is 10.0. The highest BCUT2D eigenvalue weighted by Crippen LogP contribution is 2.32. The van der Waals surface area contributed by atoms with Gasteiger partial charge in [0.15, 0.2) is 0 Å². The van der Waals surface area contributed by atoms with Crippen LogP contribution in [0.15, 0.2) is 18.2 Å². The van der Waals surface area contributed by atoms with E-state index < -0.39 is 5.97 Å². The summed E-state index contributed by atoms with van der Waals surface area (Å²) in [5.74, 6) is -0.926. The van der Waals surface area contributed by atoms with Gasteiger partial charge in [-0.05, 0) is 39.1 Å². The SMILES string of the molecule is CN(C)C1CCCN(c2c(Cl)cccc2C(=O)O)C1. The molecule has 1 aromatic rings. The molecule has 2 rings (SSSR count). The predicted octanol–water partition coefficient (Wildman–Crippen LogP) is 2.57. The molecule has 1 aliphatic rings. The van der Waals surface area contributed by atoms with Gasteiger partial charge in [0, 0.05) is 19.1 Å². The molecule has 0 bridgehead atoms. The van der Waals surface area contributed by atoms with Crippen molar-refractivity contribution in [2.24, 2.45) is 0 Å². The highest BCUT2D eigenvalue weighted by Gasteiger charge is 2.26. The molecule has 1 unspecified atom stereocenters. The number of piperidine rings is 1. The first-order chi connectivity index (χ1) is 9.00. The van der Waals surface area contributed by atoms with E-state index in [-0.39, 0.29) is 5.56 Å². The van der Waals surface area contributed by atoms with Crippen molar-refractivity contribution in [2.45, 2.75) is 18.9 Å². The normalized spacial score (nSPS) is 19.8. The average Bonchev–Trinajstić information content (AvgIpc) is 2.38. The number of carboxylic acids is 1. The Morgan fingerprint density at radius 1 is 1.47 bits per heavy atom. The van der Waals surface area contributed by atoms with Crippen LogP contribution in [0.5, 0.6) is 0 Å². The van der Waals surface area contributed by atoms with Crippen molar-refractivity contribution in [3.8, 4) is 0 Å². The van der Waals surface area contributed by atoms with Gasteiger partial charge in [0.05, 0.1) is 16.3 Å². The molecule has 0 saturated carbocycles. The van der Waals surface area contributed by atoms with Crippen molar-refractivity contribution < 1.29 is 9.90 Å². The van der Waals surface area contributed by atoms with Gasteiger partial charge in [0.1, 0.15) is 0 Å². The molecular formula is C14H19ClN2O2. The minimum absolute atomic E-state index is 0.284. The molecule has 104 valence electrons. The first-order valence-corrected chi connectivity index (χ1v) is 6.81. The molecule has 0 aliphatic carbocycles. The summed E-state index contributed by atoms with van der Waals surface area (Å²) in [6.45, 7) is 1.67. The number of carboxylic acid groups (broad SMARTS) is 1. The number of likely N-dealkylation sites (N-methyl/N-ethyl adjacent to an activating group) is 1. The van der Waals surface area contributed by atoms with E-state index in [9.17, 15) is 9.90 Å². The summed E-state index contributed by atoms with van der Waals surface area (Å²) >= 11 is 6.22. The van der Waals surface area contributed by atoms with E-state index in [0.29, 0.717) is 16.8 Å². The number of rotatable bonds is 3. The van der Waals surface area contributed by atoms with Gasteiger partial charge in [0.2, 0.25) is 0 Å². The predicted molar refractivity (Wildman–Crippen MR) is 77.3 cm³/mol. The molecule has 1 fully saturated rings. The van der Waals surface area contributed by atoms with Crippen LogP contribution in [0.3, 0.4) is 0 Å². The van der Waals surface area contributed by atoms with Gasteiger partial charge in [0.25, 0.3) is 0 Å². The fraction of sp³-hybridized carbons (Fsp3) is 0.500. The van der Waals surface area contributed by atoms with Gasteiger partial charge in [-0.25, -0.2) is 4.79 Å². The lowest BCUT2D eigenvalue weighted by Gasteiger charge is -2.38. The molecule has 1 atom stereocenters. The second kappa shape index (κ2) is 5.80. The van der Waals surface area contributed by atoms with E-state index in [1.54, 1.807) is 18.2 Å². The maximum absolute atomic E-state index is 11.3. The van der Waals surface area contributed by atoms with Crippen LogP contribution >= 0.6 is 11.6 Å². The second-order valence-corrected chi connectivity index (χ2v) is 5.55. The van der Waals surface area contributed by atoms with E-state index in [0.717, 1.165) is 25.9 Å². The zero-order chi connectivity index (χ0) is 14.0. The van der Waals surface area contributed by atoms with Crippen LogP contribution in [0.4, 0.5) is 5.69 Å². The Hall–Kier alpha value is -1.26. The van der Waals surface area contributed by atoms with Crippen LogP contribution in [0.2, 0.25) is 5.02 Å². The van der Waals surface area contributed by atoms with Gasteiger partial charge >= 0.3 is 5.97 Å². The maximum atomic E-state index is 11.3. The molecule has 19 heavy (non-hydrogen) atoms. The standard InChI is InChI=1S/C14H19ClN2O2/c1-16(2)10-5-4-8-17(9-10)13-11(14(18)19)6-3-7-12(13)15/h3,6-7,10H,4-5,8-9H2,1-2H3,(H,18,19). The van der Waals surface area contributed by atoms with Crippen molar-refractivity contribution in [1.29, 1.82) is 0 Å². The Morgan fingerprint density at radius 3 is 2.84 bits per heavy atom. The minimum Gasteiger partial charge on any atom is -0.478 e. The first-order valence-electron chi connectivity index (χ1n) is 6.44. The van der Waals surface area contributed by atoms with Crippen molar-refractivity contribution in [2.75, 3.05) is 32.1 Å². The van der Waals surface area contributed by atoms with E-state index in [1.807, 2.05) is 0 Å². The molecule has 5 heteroatoms. The number of anilines is 1. The Morgan fingerprint density at radius 2 is 2.21 bits per heavy atom. The molecule has 0 spiro atoms. The molecule has 0 aromatic heterocycles. The summed E-state index contributed by atoms with van der Waals surface area (Å²) in [4.78, 5) is 15.6. The van der Waals surface area contributed by atoms with Crippen LogP contribution in [0.1, 0.15) is 23.2 Å². The number of benzene rings is 1. The van der Waals surface area contributed by atoms with Gasteiger partial charge in [-0.15, -0.1) is 0 Å². The lowest BCUT2D eigenvalue weighted by Crippen LogP contribution is -2.45. The van der Waals surface area contributed by atoms with Crippen molar-refractivity contribution >= 4 is 23.3 Å². The summed E-state index contributed by atoms with van der Waals surface area (Å²) in [7, 11) is 4.11. The van der Waals surface area contributed by atoms with E-state index in [1.165, 1.54) is 0 Å². The maximum Gasteiger partial charge on any atom is 0.337 e. The molecule has 4 nitrogen and oxygen atoms in total. The molecule has 0 radical (unpaired) electrons. The largest absolute Gasteiger partial charge is 0.478 e. The average molecular weight is 283 g/mol. The summed E-state index contributed by atoms with van der Waals surface area (Å²) in [5, 5.41) is 9.81. The van der Waals surface area contributed by atoms with Gasteiger partial charge in [-0.3, -0.25) is 0 Å². The Bertz CT molecular complexity index is 477. The fourth-order valence-corrected chi connectivity index (χ4v) is 2.88. The van der Waals surface area contributed by atoms with Gasteiger partial charge < -0.3 is 14.9 Å². The number of carbonyl (C=O) groups is 1.